The first-order valence-corrected chi connectivity index (χ1v) is 8.86. The second kappa shape index (κ2) is 7.70. The Labute approximate surface area is 152 Å². The summed E-state index contributed by atoms with van der Waals surface area (Å²) in [6, 6.07) is 17.0. The number of rotatable bonds is 6. The minimum Gasteiger partial charge on any atom is -0.338 e. The fourth-order valence-electron chi connectivity index (χ4n) is 2.93. The summed E-state index contributed by atoms with van der Waals surface area (Å²) < 4.78 is 0. The Balaban J connectivity index is 1.59. The van der Waals surface area contributed by atoms with Gasteiger partial charge >= 0.3 is 0 Å². The maximum atomic E-state index is 12.7. The van der Waals surface area contributed by atoms with Gasteiger partial charge in [-0.1, -0.05) is 54.1 Å². The number of hydrogen-bond donors (Lipinski definition) is 1. The third-order valence-corrected chi connectivity index (χ3v) is 4.82. The Morgan fingerprint density at radius 1 is 1.08 bits per heavy atom. The smallest absolute Gasteiger partial charge is 0.228 e. The zero-order valence-electron chi connectivity index (χ0n) is 14.1. The van der Waals surface area contributed by atoms with Gasteiger partial charge in [0.15, 0.2) is 0 Å². The van der Waals surface area contributed by atoms with Crippen LogP contribution in [-0.2, 0) is 16.1 Å². The number of carbonyl (C=O) groups excluding carboxylic acids is 2. The van der Waals surface area contributed by atoms with E-state index in [4.69, 9.17) is 11.6 Å². The van der Waals surface area contributed by atoms with Crippen molar-refractivity contribution in [2.45, 2.75) is 19.9 Å². The Kier molecular flexibility index (Phi) is 5.39. The van der Waals surface area contributed by atoms with Gasteiger partial charge in [-0.15, -0.1) is 0 Å². The molecule has 4 nitrogen and oxygen atoms in total. The van der Waals surface area contributed by atoms with Crippen LogP contribution in [0.15, 0.2) is 54.6 Å². The fraction of sp³-hybridized carbons (Fsp3) is 0.300. The first-order chi connectivity index (χ1) is 12.1. The van der Waals surface area contributed by atoms with E-state index in [-0.39, 0.29) is 23.7 Å². The lowest BCUT2D eigenvalue weighted by Crippen LogP contribution is -2.33. The minimum atomic E-state index is -0.270. The van der Waals surface area contributed by atoms with Gasteiger partial charge in [0.05, 0.1) is 22.5 Å². The van der Waals surface area contributed by atoms with E-state index in [9.17, 15) is 9.59 Å². The molecular weight excluding hydrogens is 336 g/mol. The first kappa shape index (κ1) is 17.5. The number of hydrogen-bond acceptors (Lipinski definition) is 2. The van der Waals surface area contributed by atoms with E-state index in [0.717, 1.165) is 5.56 Å². The number of carbonyl (C=O) groups is 2. The molecular formula is C20H21ClN2O2. The molecule has 0 aliphatic heterocycles. The zero-order valence-corrected chi connectivity index (χ0v) is 14.9. The van der Waals surface area contributed by atoms with Crippen molar-refractivity contribution in [3.63, 3.8) is 0 Å². The monoisotopic (exact) mass is 356 g/mol. The largest absolute Gasteiger partial charge is 0.338 e. The van der Waals surface area contributed by atoms with E-state index in [1.807, 2.05) is 54.3 Å². The summed E-state index contributed by atoms with van der Waals surface area (Å²) in [7, 11) is 0. The average molecular weight is 357 g/mol. The van der Waals surface area contributed by atoms with Crippen molar-refractivity contribution >= 4 is 29.1 Å². The molecule has 0 heterocycles. The molecule has 3 rings (SSSR count). The van der Waals surface area contributed by atoms with E-state index < -0.39 is 0 Å². The van der Waals surface area contributed by atoms with Gasteiger partial charge < -0.3 is 10.2 Å². The van der Waals surface area contributed by atoms with Crippen LogP contribution in [0.2, 0.25) is 5.02 Å². The summed E-state index contributed by atoms with van der Waals surface area (Å²) in [5, 5.41) is 3.32. The summed E-state index contributed by atoms with van der Waals surface area (Å²) >= 11 is 6.07. The molecule has 2 aromatic carbocycles. The van der Waals surface area contributed by atoms with Crippen molar-refractivity contribution in [2.75, 3.05) is 11.9 Å². The number of amides is 2. The average Bonchev–Trinajstić information content (AvgIpc) is 3.43. The maximum absolute atomic E-state index is 12.7. The van der Waals surface area contributed by atoms with E-state index in [1.54, 1.807) is 12.1 Å². The number of benzene rings is 2. The topological polar surface area (TPSA) is 49.4 Å². The molecule has 0 radical (unpaired) electrons. The lowest BCUT2D eigenvalue weighted by molar-refractivity contribution is -0.134. The molecule has 1 aliphatic rings. The van der Waals surface area contributed by atoms with Crippen molar-refractivity contribution in [3.05, 3.63) is 65.2 Å². The molecule has 0 aromatic heterocycles. The second-order valence-electron chi connectivity index (χ2n) is 6.26. The molecule has 130 valence electrons. The zero-order chi connectivity index (χ0) is 17.8. The van der Waals surface area contributed by atoms with Crippen LogP contribution >= 0.6 is 11.6 Å². The Hall–Kier alpha value is -2.33. The molecule has 2 amide bonds. The van der Waals surface area contributed by atoms with Crippen molar-refractivity contribution < 1.29 is 9.59 Å². The first-order valence-electron chi connectivity index (χ1n) is 8.48. The molecule has 2 unspecified atom stereocenters. The van der Waals surface area contributed by atoms with Gasteiger partial charge in [0.25, 0.3) is 0 Å². The predicted octanol–water partition coefficient (Wildman–Crippen LogP) is 3.96. The van der Waals surface area contributed by atoms with E-state index >= 15 is 0 Å². The number of nitrogens with zero attached hydrogens (tertiary/aromatic N) is 1. The lowest BCUT2D eigenvalue weighted by atomic mass is 10.2. The highest BCUT2D eigenvalue weighted by Crippen LogP contribution is 2.41. The fourth-order valence-corrected chi connectivity index (χ4v) is 3.11. The third-order valence-electron chi connectivity index (χ3n) is 4.49. The minimum absolute atomic E-state index is 0.0469. The quantitative estimate of drug-likeness (QED) is 0.851. The van der Waals surface area contributed by atoms with Crippen LogP contribution in [0, 0.1) is 11.8 Å². The molecule has 1 aliphatic carbocycles. The Morgan fingerprint density at radius 3 is 2.44 bits per heavy atom. The van der Waals surface area contributed by atoms with Crippen LogP contribution in [0.25, 0.3) is 0 Å². The molecule has 0 saturated heterocycles. The van der Waals surface area contributed by atoms with Crippen LogP contribution in [0.3, 0.4) is 0 Å². The van der Waals surface area contributed by atoms with Gasteiger partial charge in [-0.25, -0.2) is 0 Å². The number of halogens is 1. The third kappa shape index (κ3) is 4.20. The molecule has 0 spiro atoms. The number of nitrogens with one attached hydrogen (secondary N) is 1. The van der Waals surface area contributed by atoms with Crippen molar-refractivity contribution in [3.8, 4) is 0 Å². The highest BCUT2D eigenvalue weighted by atomic mass is 35.5. The predicted molar refractivity (Wildman–Crippen MR) is 99.2 cm³/mol. The van der Waals surface area contributed by atoms with Gasteiger partial charge in [0.1, 0.15) is 0 Å². The van der Waals surface area contributed by atoms with E-state index in [1.165, 1.54) is 0 Å². The van der Waals surface area contributed by atoms with Crippen molar-refractivity contribution in [2.24, 2.45) is 11.8 Å². The Bertz CT molecular complexity index is 763. The van der Waals surface area contributed by atoms with Crippen molar-refractivity contribution in [1.82, 2.24) is 4.90 Å². The van der Waals surface area contributed by atoms with Gasteiger partial charge in [0, 0.05) is 13.1 Å². The SMILES string of the molecule is CCN(Cc1ccccc1)C(=O)C1CC1C(=O)Nc1ccccc1Cl. The van der Waals surface area contributed by atoms with E-state index in [0.29, 0.717) is 30.2 Å². The highest BCUT2D eigenvalue weighted by molar-refractivity contribution is 6.33. The van der Waals surface area contributed by atoms with Gasteiger partial charge in [0.2, 0.25) is 11.8 Å². The summed E-state index contributed by atoms with van der Waals surface area (Å²) in [5.41, 5.74) is 1.68. The number of anilines is 1. The molecule has 2 aromatic rings. The summed E-state index contributed by atoms with van der Waals surface area (Å²) in [6.07, 6.45) is 0.598. The van der Waals surface area contributed by atoms with Gasteiger partial charge in [-0.2, -0.15) is 0 Å². The standard InChI is InChI=1S/C20H21ClN2O2/c1-2-23(13-14-8-4-3-5-9-14)20(25)16-12-15(16)19(24)22-18-11-7-6-10-17(18)21/h3-11,15-16H,2,12-13H2,1H3,(H,22,24). The number of para-hydroxylation sites is 1. The van der Waals surface area contributed by atoms with Crippen LogP contribution in [0.1, 0.15) is 18.9 Å². The van der Waals surface area contributed by atoms with Crippen molar-refractivity contribution in [1.29, 1.82) is 0 Å². The maximum Gasteiger partial charge on any atom is 0.228 e. The van der Waals surface area contributed by atoms with Crippen LogP contribution in [-0.4, -0.2) is 23.3 Å². The molecule has 5 heteroatoms. The van der Waals surface area contributed by atoms with Gasteiger partial charge in [-0.05, 0) is 31.0 Å². The van der Waals surface area contributed by atoms with Crippen LogP contribution in [0.4, 0.5) is 5.69 Å². The molecule has 1 fully saturated rings. The molecule has 25 heavy (non-hydrogen) atoms. The molecule has 1 saturated carbocycles. The second-order valence-corrected chi connectivity index (χ2v) is 6.66. The summed E-state index contributed by atoms with van der Waals surface area (Å²) in [4.78, 5) is 26.9. The molecule has 2 atom stereocenters. The Morgan fingerprint density at radius 2 is 1.76 bits per heavy atom. The van der Waals surface area contributed by atoms with Crippen LogP contribution in [0.5, 0.6) is 0 Å². The molecule has 1 N–H and O–H groups in total. The van der Waals surface area contributed by atoms with E-state index in [2.05, 4.69) is 5.32 Å². The lowest BCUT2D eigenvalue weighted by Gasteiger charge is -2.21. The highest BCUT2D eigenvalue weighted by Gasteiger charge is 2.49. The van der Waals surface area contributed by atoms with Crippen LogP contribution < -0.4 is 5.32 Å². The molecule has 0 bridgehead atoms. The normalized spacial score (nSPS) is 18.5. The van der Waals surface area contributed by atoms with Gasteiger partial charge in [-0.3, -0.25) is 9.59 Å². The summed E-state index contributed by atoms with van der Waals surface area (Å²) in [5.74, 6) is -0.590. The summed E-state index contributed by atoms with van der Waals surface area (Å²) in [6.45, 7) is 3.16.